The molecule has 1 heterocycles. The fourth-order valence-electron chi connectivity index (χ4n) is 2.90. The van der Waals surface area contributed by atoms with Gasteiger partial charge in [-0.1, -0.05) is 18.2 Å². The van der Waals surface area contributed by atoms with Crippen molar-refractivity contribution >= 4 is 11.9 Å². The van der Waals surface area contributed by atoms with Crippen molar-refractivity contribution in [3.63, 3.8) is 0 Å². The summed E-state index contributed by atoms with van der Waals surface area (Å²) < 4.78 is 80.5. The van der Waals surface area contributed by atoms with Crippen LogP contribution in [-0.2, 0) is 9.47 Å². The van der Waals surface area contributed by atoms with Crippen molar-refractivity contribution in [3.05, 3.63) is 65.4 Å². The summed E-state index contributed by atoms with van der Waals surface area (Å²) in [6.45, 7) is 0. The largest absolute Gasteiger partial charge is 0.573 e. The molecule has 12 heteroatoms. The highest BCUT2D eigenvalue weighted by molar-refractivity contribution is 6.06. The van der Waals surface area contributed by atoms with Gasteiger partial charge in [0.2, 0.25) is 0 Å². The number of hydrogen-bond acceptors (Lipinski definition) is 6. The second-order valence-electron chi connectivity index (χ2n) is 6.11. The van der Waals surface area contributed by atoms with Crippen LogP contribution in [0.1, 0.15) is 20.8 Å². The van der Waals surface area contributed by atoms with Crippen LogP contribution < -0.4 is 4.74 Å². The second kappa shape index (κ2) is 8.65. The first-order chi connectivity index (χ1) is 15.1. The molecule has 0 saturated heterocycles. The molecule has 0 aliphatic carbocycles. The molecule has 0 aliphatic rings. The van der Waals surface area contributed by atoms with E-state index in [1.165, 1.54) is 12.1 Å². The average molecular weight is 456 g/mol. The van der Waals surface area contributed by atoms with Crippen LogP contribution in [0.2, 0.25) is 0 Å². The number of rotatable bonds is 5. The lowest BCUT2D eigenvalue weighted by Gasteiger charge is -2.11. The quantitative estimate of drug-likeness (QED) is 0.421. The number of esters is 2. The van der Waals surface area contributed by atoms with E-state index in [2.05, 4.69) is 19.3 Å². The number of ether oxygens (including phenoxy) is 3. The molecule has 0 amide bonds. The van der Waals surface area contributed by atoms with E-state index in [0.29, 0.717) is 0 Å². The monoisotopic (exact) mass is 456 g/mol. The maximum Gasteiger partial charge on any atom is 0.573 e. The molecule has 0 aliphatic heterocycles. The van der Waals surface area contributed by atoms with Gasteiger partial charge in [-0.3, -0.25) is 0 Å². The van der Waals surface area contributed by atoms with Gasteiger partial charge in [-0.15, -0.1) is 13.2 Å². The molecule has 0 N–H and O–H groups in total. The van der Waals surface area contributed by atoms with Gasteiger partial charge in [0.25, 0.3) is 0 Å². The molecule has 168 valence electrons. The summed E-state index contributed by atoms with van der Waals surface area (Å²) in [6.07, 6.45) is -5.19. The van der Waals surface area contributed by atoms with Gasteiger partial charge < -0.3 is 14.2 Å². The van der Waals surface area contributed by atoms with Crippen molar-refractivity contribution in [3.8, 4) is 22.7 Å². The van der Waals surface area contributed by atoms with Crippen LogP contribution in [0.3, 0.4) is 0 Å². The van der Waals surface area contributed by atoms with Gasteiger partial charge in [0.15, 0.2) is 5.69 Å². The van der Waals surface area contributed by atoms with Crippen LogP contribution >= 0.6 is 0 Å². The van der Waals surface area contributed by atoms with Gasteiger partial charge in [0.1, 0.15) is 28.6 Å². The zero-order valence-electron chi connectivity index (χ0n) is 16.4. The number of alkyl halides is 3. The lowest BCUT2D eigenvalue weighted by molar-refractivity contribution is -0.274. The number of halogens is 5. The lowest BCUT2D eigenvalue weighted by Crippen LogP contribution is -2.17. The molecule has 0 unspecified atom stereocenters. The van der Waals surface area contributed by atoms with Crippen LogP contribution in [0, 0.1) is 11.6 Å². The number of benzene rings is 2. The second-order valence-corrected chi connectivity index (χ2v) is 6.11. The van der Waals surface area contributed by atoms with Crippen molar-refractivity contribution in [2.24, 2.45) is 0 Å². The van der Waals surface area contributed by atoms with Crippen LogP contribution in [0.15, 0.2) is 42.5 Å². The Morgan fingerprint density at radius 3 is 2.00 bits per heavy atom. The molecule has 0 bridgehead atoms. The molecule has 0 radical (unpaired) electrons. The standard InChI is InChI=1S/C20H13F5N2O5/c1-30-18(28)15-16(14-12(21)8-11(9-13(14)22)32-20(23,24)25)26-27(17(15)19(29)31-2)10-6-4-3-5-7-10/h3-9H,1-2H3. The normalized spacial score (nSPS) is 11.2. The van der Waals surface area contributed by atoms with Gasteiger partial charge in [-0.2, -0.15) is 5.10 Å². The van der Waals surface area contributed by atoms with E-state index in [1.807, 2.05) is 0 Å². The summed E-state index contributed by atoms with van der Waals surface area (Å²) >= 11 is 0. The number of carbonyl (C=O) groups excluding carboxylic acids is 2. The molecule has 1 aromatic heterocycles. The number of methoxy groups -OCH3 is 2. The minimum absolute atomic E-state index is 0.224. The topological polar surface area (TPSA) is 79.7 Å². The third-order valence-electron chi connectivity index (χ3n) is 4.14. The first-order valence-electron chi connectivity index (χ1n) is 8.67. The highest BCUT2D eigenvalue weighted by Crippen LogP contribution is 2.35. The van der Waals surface area contributed by atoms with E-state index in [1.54, 1.807) is 18.2 Å². The van der Waals surface area contributed by atoms with E-state index < -0.39 is 58.2 Å². The number of hydrogen-bond donors (Lipinski definition) is 0. The number of aromatic nitrogens is 2. The van der Waals surface area contributed by atoms with Gasteiger partial charge in [-0.25, -0.2) is 23.1 Å². The van der Waals surface area contributed by atoms with E-state index in [9.17, 15) is 31.5 Å². The van der Waals surface area contributed by atoms with E-state index >= 15 is 0 Å². The Kier molecular flexibility index (Phi) is 6.14. The van der Waals surface area contributed by atoms with Crippen molar-refractivity contribution in [1.82, 2.24) is 9.78 Å². The SMILES string of the molecule is COC(=O)c1c(-c2c(F)cc(OC(F)(F)F)cc2F)nn(-c2ccccc2)c1C(=O)OC. The van der Waals surface area contributed by atoms with Crippen LogP contribution in [0.5, 0.6) is 5.75 Å². The Morgan fingerprint density at radius 2 is 1.50 bits per heavy atom. The van der Waals surface area contributed by atoms with Crippen LogP contribution in [0.4, 0.5) is 22.0 Å². The van der Waals surface area contributed by atoms with Crippen LogP contribution in [-0.4, -0.2) is 42.3 Å². The highest BCUT2D eigenvalue weighted by atomic mass is 19.4. The number of nitrogens with zero attached hydrogens (tertiary/aromatic N) is 2. The molecule has 0 fully saturated rings. The van der Waals surface area contributed by atoms with Crippen LogP contribution in [0.25, 0.3) is 16.9 Å². The smallest absolute Gasteiger partial charge is 0.465 e. The predicted octanol–water partition coefficient (Wildman–Crippen LogP) is 4.29. The molecular weight excluding hydrogens is 443 g/mol. The Morgan fingerprint density at radius 1 is 0.938 bits per heavy atom. The van der Waals surface area contributed by atoms with E-state index in [-0.39, 0.29) is 17.8 Å². The summed E-state index contributed by atoms with van der Waals surface area (Å²) in [5, 5.41) is 3.99. The Hall–Kier alpha value is -3.96. The highest BCUT2D eigenvalue weighted by Gasteiger charge is 2.35. The Labute approximate surface area is 176 Å². The van der Waals surface area contributed by atoms with Crippen molar-refractivity contribution in [2.75, 3.05) is 14.2 Å². The lowest BCUT2D eigenvalue weighted by atomic mass is 10.0. The van der Waals surface area contributed by atoms with E-state index in [0.717, 1.165) is 18.9 Å². The molecule has 0 spiro atoms. The number of para-hydroxylation sites is 1. The summed E-state index contributed by atoms with van der Waals surface area (Å²) in [5.74, 6) is -6.47. The van der Waals surface area contributed by atoms with Gasteiger partial charge in [-0.05, 0) is 12.1 Å². The van der Waals surface area contributed by atoms with Gasteiger partial charge in [0, 0.05) is 12.1 Å². The number of carbonyl (C=O) groups is 2. The summed E-state index contributed by atoms with van der Waals surface area (Å²) in [7, 11) is 1.97. The predicted molar refractivity (Wildman–Crippen MR) is 98.3 cm³/mol. The zero-order valence-corrected chi connectivity index (χ0v) is 16.4. The van der Waals surface area contributed by atoms with Gasteiger partial charge >= 0.3 is 18.3 Å². The summed E-state index contributed by atoms with van der Waals surface area (Å²) in [4.78, 5) is 24.9. The third kappa shape index (κ3) is 4.38. The van der Waals surface area contributed by atoms with Crippen molar-refractivity contribution in [1.29, 1.82) is 0 Å². The van der Waals surface area contributed by atoms with E-state index in [4.69, 9.17) is 0 Å². The molecule has 0 saturated carbocycles. The first kappa shape index (κ1) is 22.7. The third-order valence-corrected chi connectivity index (χ3v) is 4.14. The molecule has 32 heavy (non-hydrogen) atoms. The van der Waals surface area contributed by atoms with Crippen molar-refractivity contribution in [2.45, 2.75) is 6.36 Å². The fraction of sp³-hybridized carbons (Fsp3) is 0.150. The molecule has 0 atom stereocenters. The zero-order chi connectivity index (χ0) is 23.6. The molecule has 2 aromatic carbocycles. The molecule has 3 aromatic rings. The summed E-state index contributed by atoms with van der Waals surface area (Å²) in [5.41, 5.74) is -2.59. The van der Waals surface area contributed by atoms with Crippen molar-refractivity contribution < 1.29 is 45.8 Å². The minimum atomic E-state index is -5.19. The Bertz CT molecular complexity index is 1150. The average Bonchev–Trinajstić information content (AvgIpc) is 3.11. The molecular formula is C20H13F5N2O5. The molecule has 7 nitrogen and oxygen atoms in total. The van der Waals surface area contributed by atoms with Gasteiger partial charge in [0.05, 0.1) is 25.5 Å². The fourth-order valence-corrected chi connectivity index (χ4v) is 2.90. The maximum atomic E-state index is 14.7. The molecule has 3 rings (SSSR count). The minimum Gasteiger partial charge on any atom is -0.465 e. The maximum absolute atomic E-state index is 14.7. The summed E-state index contributed by atoms with van der Waals surface area (Å²) in [6, 6.07) is 8.29. The Balaban J connectivity index is 2.33. The first-order valence-corrected chi connectivity index (χ1v) is 8.67.